The highest BCUT2D eigenvalue weighted by molar-refractivity contribution is 6.31. The summed E-state index contributed by atoms with van der Waals surface area (Å²) in [7, 11) is 0. The van der Waals surface area contributed by atoms with E-state index in [1.807, 2.05) is 37.3 Å². The molecular weight excluding hydrogens is 446 g/mol. The molecule has 0 spiro atoms. The third-order valence-corrected chi connectivity index (χ3v) is 7.18. The number of hydrogen-bond acceptors (Lipinski definition) is 2. The monoisotopic (exact) mass is 485 g/mol. The SMILES string of the molecule is CCCCN(CC(=O)N(Cc1cccn1Cc1ccccc1Cl)C1CCCCC1)C(=O)CCC. The molecule has 0 unspecified atom stereocenters. The predicted octanol–water partition coefficient (Wildman–Crippen LogP) is 6.28. The fourth-order valence-electron chi connectivity index (χ4n) is 4.81. The van der Waals surface area contributed by atoms with Gasteiger partial charge in [0.15, 0.2) is 0 Å². The van der Waals surface area contributed by atoms with Gasteiger partial charge in [-0.15, -0.1) is 0 Å². The Morgan fingerprint density at radius 1 is 1.00 bits per heavy atom. The maximum atomic E-state index is 13.7. The van der Waals surface area contributed by atoms with Crippen molar-refractivity contribution in [3.8, 4) is 0 Å². The standard InChI is InChI=1S/C28H40ClN3O2/c1-3-5-18-31(27(33)12-4-2)22-28(34)32(24-14-7-6-8-15-24)21-25-16-11-19-30(25)20-23-13-9-10-17-26(23)29/h9-11,13,16-17,19,24H,3-8,12,14-15,18,20-22H2,1-2H3. The molecule has 1 heterocycles. The van der Waals surface area contributed by atoms with Gasteiger partial charge in [0.1, 0.15) is 0 Å². The molecule has 6 heteroatoms. The van der Waals surface area contributed by atoms with Crippen molar-refractivity contribution in [1.29, 1.82) is 0 Å². The summed E-state index contributed by atoms with van der Waals surface area (Å²) in [4.78, 5) is 30.2. The number of unbranched alkanes of at least 4 members (excludes halogenated alkanes) is 1. The maximum absolute atomic E-state index is 13.7. The summed E-state index contributed by atoms with van der Waals surface area (Å²) in [6.45, 7) is 6.20. The smallest absolute Gasteiger partial charge is 0.242 e. The van der Waals surface area contributed by atoms with Crippen LogP contribution in [0.25, 0.3) is 0 Å². The van der Waals surface area contributed by atoms with Crippen LogP contribution >= 0.6 is 11.6 Å². The number of rotatable bonds is 12. The summed E-state index contributed by atoms with van der Waals surface area (Å²) in [5, 5.41) is 0.753. The Labute approximate surface area is 210 Å². The molecule has 1 aromatic carbocycles. The van der Waals surface area contributed by atoms with Crippen molar-refractivity contribution < 1.29 is 9.59 Å². The topological polar surface area (TPSA) is 45.6 Å². The van der Waals surface area contributed by atoms with Gasteiger partial charge in [0.05, 0.1) is 13.1 Å². The molecule has 1 fully saturated rings. The van der Waals surface area contributed by atoms with Crippen molar-refractivity contribution >= 4 is 23.4 Å². The van der Waals surface area contributed by atoms with Crippen molar-refractivity contribution in [2.75, 3.05) is 13.1 Å². The Morgan fingerprint density at radius 3 is 2.47 bits per heavy atom. The van der Waals surface area contributed by atoms with Crippen LogP contribution in [0.5, 0.6) is 0 Å². The van der Waals surface area contributed by atoms with E-state index < -0.39 is 0 Å². The van der Waals surface area contributed by atoms with Gasteiger partial charge in [0.25, 0.3) is 0 Å². The molecule has 3 rings (SSSR count). The Bertz CT molecular complexity index is 920. The van der Waals surface area contributed by atoms with Gasteiger partial charge in [0, 0.05) is 42.5 Å². The average Bonchev–Trinajstić information content (AvgIpc) is 3.28. The quantitative estimate of drug-likeness (QED) is 0.355. The third kappa shape index (κ3) is 7.36. The Kier molecular flexibility index (Phi) is 10.5. The van der Waals surface area contributed by atoms with Gasteiger partial charge in [-0.2, -0.15) is 0 Å². The molecule has 2 amide bonds. The van der Waals surface area contributed by atoms with Crippen LogP contribution in [-0.2, 0) is 22.7 Å². The molecule has 0 bridgehead atoms. The van der Waals surface area contributed by atoms with Crippen LogP contribution in [0.2, 0.25) is 5.02 Å². The number of halogens is 1. The molecule has 2 aromatic rings. The van der Waals surface area contributed by atoms with E-state index in [-0.39, 0.29) is 24.4 Å². The van der Waals surface area contributed by atoms with E-state index in [4.69, 9.17) is 11.6 Å². The highest BCUT2D eigenvalue weighted by Gasteiger charge is 2.28. The van der Waals surface area contributed by atoms with Gasteiger partial charge < -0.3 is 14.4 Å². The number of aromatic nitrogens is 1. The first-order valence-electron chi connectivity index (χ1n) is 13.0. The van der Waals surface area contributed by atoms with Gasteiger partial charge in [-0.3, -0.25) is 9.59 Å². The molecule has 1 aliphatic carbocycles. The van der Waals surface area contributed by atoms with E-state index in [0.717, 1.165) is 61.2 Å². The van der Waals surface area contributed by atoms with Gasteiger partial charge >= 0.3 is 0 Å². The van der Waals surface area contributed by atoms with Crippen LogP contribution in [0.3, 0.4) is 0 Å². The second-order valence-electron chi connectivity index (χ2n) is 9.45. The lowest BCUT2D eigenvalue weighted by Crippen LogP contribution is -2.47. The lowest BCUT2D eigenvalue weighted by Gasteiger charge is -2.36. The fraction of sp³-hybridized carbons (Fsp3) is 0.571. The maximum Gasteiger partial charge on any atom is 0.242 e. The van der Waals surface area contributed by atoms with Crippen molar-refractivity contribution in [3.05, 3.63) is 58.9 Å². The highest BCUT2D eigenvalue weighted by atomic mass is 35.5. The summed E-state index contributed by atoms with van der Waals surface area (Å²) < 4.78 is 2.18. The van der Waals surface area contributed by atoms with Gasteiger partial charge in [-0.1, -0.05) is 69.3 Å². The van der Waals surface area contributed by atoms with Crippen LogP contribution < -0.4 is 0 Å². The minimum absolute atomic E-state index is 0.0675. The molecule has 0 aliphatic heterocycles. The van der Waals surface area contributed by atoms with Crippen molar-refractivity contribution in [2.45, 2.75) is 90.8 Å². The predicted molar refractivity (Wildman–Crippen MR) is 139 cm³/mol. The summed E-state index contributed by atoms with van der Waals surface area (Å²) >= 11 is 6.41. The summed E-state index contributed by atoms with van der Waals surface area (Å²) in [5.74, 6) is 0.160. The summed E-state index contributed by atoms with van der Waals surface area (Å²) in [6, 6.07) is 12.3. The molecular formula is C28H40ClN3O2. The molecule has 186 valence electrons. The fourth-order valence-corrected chi connectivity index (χ4v) is 5.01. The third-order valence-electron chi connectivity index (χ3n) is 6.81. The highest BCUT2D eigenvalue weighted by Crippen LogP contribution is 2.25. The molecule has 5 nitrogen and oxygen atoms in total. The largest absolute Gasteiger partial charge is 0.345 e. The first-order valence-corrected chi connectivity index (χ1v) is 13.4. The number of carbonyl (C=O) groups is 2. The van der Waals surface area contributed by atoms with Crippen LogP contribution in [-0.4, -0.2) is 45.3 Å². The van der Waals surface area contributed by atoms with E-state index in [0.29, 0.717) is 26.1 Å². The minimum atomic E-state index is 0.0675. The van der Waals surface area contributed by atoms with Crippen LogP contribution in [0, 0.1) is 0 Å². The van der Waals surface area contributed by atoms with Gasteiger partial charge in [-0.25, -0.2) is 0 Å². The second kappa shape index (κ2) is 13.6. The molecule has 0 saturated heterocycles. The number of hydrogen-bond donors (Lipinski definition) is 0. The summed E-state index contributed by atoms with van der Waals surface area (Å²) in [5.41, 5.74) is 2.16. The molecule has 1 saturated carbocycles. The first-order chi connectivity index (χ1) is 16.5. The molecule has 1 aliphatic rings. The van der Waals surface area contributed by atoms with Gasteiger partial charge in [-0.05, 0) is 49.4 Å². The Balaban J connectivity index is 1.79. The first kappa shape index (κ1) is 26.3. The van der Waals surface area contributed by atoms with E-state index in [1.165, 1.54) is 6.42 Å². The average molecular weight is 486 g/mol. The Morgan fingerprint density at radius 2 is 1.76 bits per heavy atom. The lowest BCUT2D eigenvalue weighted by atomic mass is 9.94. The second-order valence-corrected chi connectivity index (χ2v) is 9.86. The molecule has 1 aromatic heterocycles. The number of carbonyl (C=O) groups excluding carboxylic acids is 2. The molecule has 34 heavy (non-hydrogen) atoms. The zero-order chi connectivity index (χ0) is 24.3. The zero-order valence-corrected chi connectivity index (χ0v) is 21.6. The van der Waals surface area contributed by atoms with Gasteiger partial charge in [0.2, 0.25) is 11.8 Å². The number of benzene rings is 1. The van der Waals surface area contributed by atoms with E-state index >= 15 is 0 Å². The van der Waals surface area contributed by atoms with Crippen molar-refractivity contribution in [2.24, 2.45) is 0 Å². The van der Waals surface area contributed by atoms with Crippen molar-refractivity contribution in [1.82, 2.24) is 14.4 Å². The lowest BCUT2D eigenvalue weighted by molar-refractivity contribution is -0.143. The van der Waals surface area contributed by atoms with Crippen LogP contribution in [0.1, 0.15) is 82.9 Å². The van der Waals surface area contributed by atoms with E-state index in [1.54, 1.807) is 4.90 Å². The number of nitrogens with zero attached hydrogens (tertiary/aromatic N) is 3. The number of amides is 2. The van der Waals surface area contributed by atoms with Crippen LogP contribution in [0.4, 0.5) is 0 Å². The molecule has 0 atom stereocenters. The zero-order valence-electron chi connectivity index (χ0n) is 20.8. The van der Waals surface area contributed by atoms with E-state index in [2.05, 4.69) is 28.7 Å². The van der Waals surface area contributed by atoms with Crippen molar-refractivity contribution in [3.63, 3.8) is 0 Å². The molecule has 0 N–H and O–H groups in total. The normalized spacial score (nSPS) is 14.2. The molecule has 0 radical (unpaired) electrons. The summed E-state index contributed by atoms with van der Waals surface area (Å²) in [6.07, 6.45) is 10.9. The Hall–Kier alpha value is -2.27. The van der Waals surface area contributed by atoms with E-state index in [9.17, 15) is 9.59 Å². The minimum Gasteiger partial charge on any atom is -0.345 e. The van der Waals surface area contributed by atoms with Crippen LogP contribution in [0.15, 0.2) is 42.6 Å².